The van der Waals surface area contributed by atoms with Crippen LogP contribution in [-0.2, 0) is 6.42 Å². The standard InChI is InChI=1S/C14H8Cl2N4/c15-12-11(6-9-4-2-1-3-5-9)13(16)20-14(19-12)10(7-17)8-18-20/h1-5,8H,6H2. The SMILES string of the molecule is N#Cc1cnn2c(Cl)c(Cc3ccccc3)c(Cl)nc12. The summed E-state index contributed by atoms with van der Waals surface area (Å²) in [5.41, 5.74) is 2.49. The van der Waals surface area contributed by atoms with Gasteiger partial charge in [-0.05, 0) is 5.56 Å². The zero-order chi connectivity index (χ0) is 14.1. The molecule has 2 aromatic heterocycles. The molecule has 6 heteroatoms. The molecule has 0 amide bonds. The van der Waals surface area contributed by atoms with E-state index in [9.17, 15) is 0 Å². The van der Waals surface area contributed by atoms with Crippen molar-refractivity contribution >= 4 is 28.8 Å². The topological polar surface area (TPSA) is 54.0 Å². The molecule has 3 rings (SSSR count). The normalized spacial score (nSPS) is 10.7. The van der Waals surface area contributed by atoms with Gasteiger partial charge in [-0.1, -0.05) is 53.5 Å². The highest BCUT2D eigenvalue weighted by atomic mass is 35.5. The maximum Gasteiger partial charge on any atom is 0.176 e. The van der Waals surface area contributed by atoms with Gasteiger partial charge in [0.1, 0.15) is 21.9 Å². The van der Waals surface area contributed by atoms with E-state index in [1.807, 2.05) is 36.4 Å². The van der Waals surface area contributed by atoms with E-state index in [0.717, 1.165) is 5.56 Å². The predicted octanol–water partition coefficient (Wildman–Crippen LogP) is 3.50. The highest BCUT2D eigenvalue weighted by molar-refractivity contribution is 6.35. The van der Waals surface area contributed by atoms with E-state index in [0.29, 0.717) is 33.5 Å². The molecule has 0 aliphatic heterocycles. The third-order valence-electron chi connectivity index (χ3n) is 2.98. The van der Waals surface area contributed by atoms with Gasteiger partial charge in [0.2, 0.25) is 0 Å². The van der Waals surface area contributed by atoms with Crippen LogP contribution in [0.25, 0.3) is 5.65 Å². The predicted molar refractivity (Wildman–Crippen MR) is 77.0 cm³/mol. The summed E-state index contributed by atoms with van der Waals surface area (Å²) in [6.07, 6.45) is 1.99. The molecule has 0 fully saturated rings. The zero-order valence-corrected chi connectivity index (χ0v) is 11.7. The molecule has 98 valence electrons. The summed E-state index contributed by atoms with van der Waals surface area (Å²) in [5.74, 6) is 0. The third kappa shape index (κ3) is 2.11. The molecule has 20 heavy (non-hydrogen) atoms. The Morgan fingerprint density at radius 3 is 2.65 bits per heavy atom. The Bertz CT molecular complexity index is 819. The van der Waals surface area contributed by atoms with Gasteiger partial charge in [0.05, 0.1) is 6.20 Å². The smallest absolute Gasteiger partial charge is 0.176 e. The lowest BCUT2D eigenvalue weighted by Gasteiger charge is -2.08. The number of hydrogen-bond acceptors (Lipinski definition) is 3. The minimum atomic E-state index is 0.295. The molecule has 0 saturated carbocycles. The van der Waals surface area contributed by atoms with Crippen LogP contribution in [0.5, 0.6) is 0 Å². The van der Waals surface area contributed by atoms with Gasteiger partial charge in [-0.3, -0.25) is 0 Å². The van der Waals surface area contributed by atoms with Crippen LogP contribution in [0.3, 0.4) is 0 Å². The number of nitrogens with zero attached hydrogens (tertiary/aromatic N) is 4. The van der Waals surface area contributed by atoms with Crippen molar-refractivity contribution in [3.05, 3.63) is 63.5 Å². The van der Waals surface area contributed by atoms with Crippen LogP contribution < -0.4 is 0 Å². The van der Waals surface area contributed by atoms with Crippen LogP contribution in [0.2, 0.25) is 10.3 Å². The number of halogens is 2. The molecular formula is C14H8Cl2N4. The van der Waals surface area contributed by atoms with Gasteiger partial charge in [-0.2, -0.15) is 10.4 Å². The van der Waals surface area contributed by atoms with Crippen molar-refractivity contribution in [3.8, 4) is 6.07 Å². The summed E-state index contributed by atoms with van der Waals surface area (Å²) < 4.78 is 1.43. The lowest BCUT2D eigenvalue weighted by molar-refractivity contribution is 0.917. The Hall–Kier alpha value is -2.09. The van der Waals surface area contributed by atoms with Crippen LogP contribution in [0.15, 0.2) is 36.5 Å². The average molecular weight is 303 g/mol. The zero-order valence-electron chi connectivity index (χ0n) is 10.2. The van der Waals surface area contributed by atoms with Gasteiger partial charge in [0.15, 0.2) is 5.65 Å². The molecule has 0 atom stereocenters. The highest BCUT2D eigenvalue weighted by Crippen LogP contribution is 2.27. The third-order valence-corrected chi connectivity index (χ3v) is 3.68. The fraction of sp³-hybridized carbons (Fsp3) is 0.0714. The number of benzene rings is 1. The van der Waals surface area contributed by atoms with E-state index >= 15 is 0 Å². The van der Waals surface area contributed by atoms with Crippen molar-refractivity contribution in [1.82, 2.24) is 14.6 Å². The summed E-state index contributed by atoms with van der Waals surface area (Å²) in [7, 11) is 0. The van der Waals surface area contributed by atoms with E-state index in [2.05, 4.69) is 10.1 Å². The Morgan fingerprint density at radius 1 is 1.20 bits per heavy atom. The van der Waals surface area contributed by atoms with Crippen molar-refractivity contribution in [2.24, 2.45) is 0 Å². The molecule has 2 heterocycles. The molecule has 1 aromatic carbocycles. The van der Waals surface area contributed by atoms with Gasteiger partial charge in [0, 0.05) is 12.0 Å². The maximum atomic E-state index is 8.98. The first-order valence-corrected chi connectivity index (χ1v) is 6.62. The van der Waals surface area contributed by atoms with Gasteiger partial charge < -0.3 is 0 Å². The average Bonchev–Trinajstić information content (AvgIpc) is 2.87. The van der Waals surface area contributed by atoms with Crippen LogP contribution in [0.4, 0.5) is 0 Å². The summed E-state index contributed by atoms with van der Waals surface area (Å²) in [5, 5.41) is 13.7. The highest BCUT2D eigenvalue weighted by Gasteiger charge is 2.16. The van der Waals surface area contributed by atoms with Gasteiger partial charge in [-0.15, -0.1) is 0 Å². The lowest BCUT2D eigenvalue weighted by atomic mass is 10.1. The molecule has 3 aromatic rings. The van der Waals surface area contributed by atoms with E-state index in [1.54, 1.807) is 0 Å². The maximum absolute atomic E-state index is 8.98. The number of hydrogen-bond donors (Lipinski definition) is 0. The lowest BCUT2D eigenvalue weighted by Crippen LogP contribution is -2.01. The fourth-order valence-corrected chi connectivity index (χ4v) is 2.56. The van der Waals surface area contributed by atoms with E-state index in [-0.39, 0.29) is 0 Å². The molecule has 0 N–H and O–H groups in total. The molecule has 4 nitrogen and oxygen atoms in total. The van der Waals surface area contributed by atoms with Crippen LogP contribution >= 0.6 is 23.2 Å². The molecule has 0 bridgehead atoms. The molecule has 0 unspecified atom stereocenters. The molecule has 0 aliphatic carbocycles. The summed E-state index contributed by atoms with van der Waals surface area (Å²) in [6, 6.07) is 11.8. The number of aromatic nitrogens is 3. The molecule has 0 spiro atoms. The van der Waals surface area contributed by atoms with Crippen molar-refractivity contribution < 1.29 is 0 Å². The summed E-state index contributed by atoms with van der Waals surface area (Å²) in [4.78, 5) is 4.22. The first kappa shape index (κ1) is 12.9. The Balaban J connectivity index is 2.15. The first-order chi connectivity index (χ1) is 9.70. The number of rotatable bonds is 2. The van der Waals surface area contributed by atoms with Gasteiger partial charge in [0.25, 0.3) is 0 Å². The monoisotopic (exact) mass is 302 g/mol. The second-order valence-electron chi connectivity index (χ2n) is 4.24. The second-order valence-corrected chi connectivity index (χ2v) is 4.96. The quantitative estimate of drug-likeness (QED) is 0.681. The van der Waals surface area contributed by atoms with Crippen molar-refractivity contribution in [1.29, 1.82) is 5.26 Å². The van der Waals surface area contributed by atoms with E-state index in [1.165, 1.54) is 10.7 Å². The molecule has 0 radical (unpaired) electrons. The molecule has 0 saturated heterocycles. The van der Waals surface area contributed by atoms with E-state index in [4.69, 9.17) is 28.5 Å². The first-order valence-electron chi connectivity index (χ1n) is 5.86. The minimum Gasteiger partial charge on any atom is -0.215 e. The van der Waals surface area contributed by atoms with Gasteiger partial charge in [-0.25, -0.2) is 9.50 Å². The Labute approximate surface area is 125 Å². The molecule has 0 aliphatic rings. The van der Waals surface area contributed by atoms with E-state index < -0.39 is 0 Å². The second kappa shape index (κ2) is 5.12. The van der Waals surface area contributed by atoms with Gasteiger partial charge >= 0.3 is 0 Å². The minimum absolute atomic E-state index is 0.295. The van der Waals surface area contributed by atoms with Crippen LogP contribution in [0, 0.1) is 11.3 Å². The van der Waals surface area contributed by atoms with Crippen molar-refractivity contribution in [2.45, 2.75) is 6.42 Å². The van der Waals surface area contributed by atoms with Crippen molar-refractivity contribution in [2.75, 3.05) is 0 Å². The van der Waals surface area contributed by atoms with Crippen molar-refractivity contribution in [3.63, 3.8) is 0 Å². The summed E-state index contributed by atoms with van der Waals surface area (Å²) in [6.45, 7) is 0. The largest absolute Gasteiger partial charge is 0.215 e. The molecular weight excluding hydrogens is 295 g/mol. The van der Waals surface area contributed by atoms with Crippen LogP contribution in [-0.4, -0.2) is 14.6 Å². The number of fused-ring (bicyclic) bond motifs is 1. The van der Waals surface area contributed by atoms with Crippen LogP contribution in [0.1, 0.15) is 16.7 Å². The Morgan fingerprint density at radius 2 is 1.95 bits per heavy atom. The fourth-order valence-electron chi connectivity index (χ4n) is 1.99. The number of nitriles is 1. The summed E-state index contributed by atoms with van der Waals surface area (Å²) >= 11 is 12.5. The Kier molecular flexibility index (Phi) is 3.31.